The van der Waals surface area contributed by atoms with Crippen LogP contribution in [0.5, 0.6) is 0 Å². The molecule has 3 atom stereocenters. The Morgan fingerprint density at radius 3 is 2.38 bits per heavy atom. The molecular weight excluding hydrogens is 424 g/mol. The molecule has 1 unspecified atom stereocenters. The van der Waals surface area contributed by atoms with E-state index in [9.17, 15) is 8.42 Å². The van der Waals surface area contributed by atoms with E-state index in [0.717, 1.165) is 23.2 Å². The fourth-order valence-electron chi connectivity index (χ4n) is 5.25. The molecule has 1 fully saturated rings. The molecule has 3 aromatic rings. The molecule has 0 spiro atoms. The van der Waals surface area contributed by atoms with Gasteiger partial charge >= 0.3 is 0 Å². The summed E-state index contributed by atoms with van der Waals surface area (Å²) < 4.78 is 29.5. The summed E-state index contributed by atoms with van der Waals surface area (Å²) in [7, 11) is -3.65. The van der Waals surface area contributed by atoms with E-state index in [-0.39, 0.29) is 18.0 Å². The van der Waals surface area contributed by atoms with Crippen LogP contribution in [0.25, 0.3) is 0 Å². The summed E-state index contributed by atoms with van der Waals surface area (Å²) in [5.74, 6) is 0.780. The third-order valence-electron chi connectivity index (χ3n) is 6.69. The van der Waals surface area contributed by atoms with Crippen molar-refractivity contribution in [2.45, 2.75) is 56.5 Å². The van der Waals surface area contributed by atoms with Crippen molar-refractivity contribution in [1.29, 1.82) is 0 Å². The average Bonchev–Trinajstić information content (AvgIpc) is 3.43. The first-order valence-corrected chi connectivity index (χ1v) is 12.5. The number of anilines is 1. The summed E-state index contributed by atoms with van der Waals surface area (Å²) in [6.07, 6.45) is 1.36. The Balaban J connectivity index is 1.42. The number of hydrogen-bond donors (Lipinski definition) is 1. The van der Waals surface area contributed by atoms with E-state index in [1.54, 1.807) is 10.4 Å². The van der Waals surface area contributed by atoms with E-state index in [1.807, 2.05) is 26.0 Å². The average molecular weight is 453 g/mol. The van der Waals surface area contributed by atoms with Crippen molar-refractivity contribution in [3.63, 3.8) is 0 Å². The normalized spacial score (nSPS) is 24.0. The number of nitrogens with zero attached hydrogens (tertiary/aromatic N) is 5. The van der Waals surface area contributed by atoms with Crippen molar-refractivity contribution in [2.75, 3.05) is 18.0 Å². The number of aromatic nitrogens is 4. The monoisotopic (exact) mass is 452 g/mol. The lowest BCUT2D eigenvalue weighted by Crippen LogP contribution is -2.58. The van der Waals surface area contributed by atoms with Gasteiger partial charge in [0.15, 0.2) is 5.82 Å². The minimum absolute atomic E-state index is 0.0737. The molecule has 0 bridgehead atoms. The van der Waals surface area contributed by atoms with E-state index >= 15 is 0 Å². The standard InChI is InChI=1S/C23H28N6O2S/c1-15-7-9-20(10-8-15)28-13-16(2)29(17(3)14-28)32(30,31)22-6-4-5-18-11-19(12-21(18)22)23-24-26-27-25-23/h4-10,16-17,19H,11-14H2,1-3H3,(H,24,25,26,27)/t16-,17+,19?. The number of sulfonamides is 1. The molecule has 1 aromatic heterocycles. The second-order valence-corrected chi connectivity index (χ2v) is 10.9. The first-order chi connectivity index (χ1) is 15.3. The quantitative estimate of drug-likeness (QED) is 0.654. The second-order valence-electron chi connectivity index (χ2n) is 9.06. The summed E-state index contributed by atoms with van der Waals surface area (Å²) in [5.41, 5.74) is 4.31. The maximum Gasteiger partial charge on any atom is 0.243 e. The van der Waals surface area contributed by atoms with Crippen molar-refractivity contribution in [2.24, 2.45) is 0 Å². The van der Waals surface area contributed by atoms with Crippen molar-refractivity contribution in [3.8, 4) is 0 Å². The molecule has 168 valence electrons. The highest BCUT2D eigenvalue weighted by Gasteiger charge is 2.41. The van der Waals surface area contributed by atoms with Crippen molar-refractivity contribution in [3.05, 3.63) is 65.0 Å². The number of nitrogens with one attached hydrogen (secondary N) is 1. The van der Waals surface area contributed by atoms with Gasteiger partial charge in [-0.3, -0.25) is 0 Å². The Labute approximate surface area is 188 Å². The number of benzene rings is 2. The van der Waals surface area contributed by atoms with Gasteiger partial charge in [-0.05, 0) is 73.4 Å². The Hall–Kier alpha value is -2.78. The van der Waals surface area contributed by atoms with Gasteiger partial charge in [0.2, 0.25) is 10.0 Å². The predicted molar refractivity (Wildman–Crippen MR) is 122 cm³/mol. The smallest absolute Gasteiger partial charge is 0.243 e. The predicted octanol–water partition coefficient (Wildman–Crippen LogP) is 2.68. The molecule has 8 nitrogen and oxygen atoms in total. The molecule has 0 saturated carbocycles. The lowest BCUT2D eigenvalue weighted by Gasteiger charge is -2.44. The maximum absolute atomic E-state index is 13.9. The molecular formula is C23H28N6O2S. The molecule has 5 rings (SSSR count). The van der Waals surface area contributed by atoms with Gasteiger partial charge in [-0.1, -0.05) is 29.8 Å². The fraction of sp³-hybridized carbons (Fsp3) is 0.435. The number of fused-ring (bicyclic) bond motifs is 1. The van der Waals surface area contributed by atoms with Gasteiger partial charge in [-0.15, -0.1) is 5.10 Å². The number of aryl methyl sites for hydroxylation is 1. The fourth-order valence-corrected chi connectivity index (χ4v) is 7.34. The van der Waals surface area contributed by atoms with Crippen LogP contribution in [0.4, 0.5) is 5.69 Å². The molecule has 9 heteroatoms. The molecule has 2 heterocycles. The van der Waals surface area contributed by atoms with Gasteiger partial charge < -0.3 is 4.90 Å². The van der Waals surface area contributed by atoms with Gasteiger partial charge in [-0.25, -0.2) is 13.5 Å². The summed E-state index contributed by atoms with van der Waals surface area (Å²) in [6, 6.07) is 13.8. The third kappa shape index (κ3) is 3.59. The summed E-state index contributed by atoms with van der Waals surface area (Å²) in [4.78, 5) is 2.70. The Kier molecular flexibility index (Phi) is 5.25. The lowest BCUT2D eigenvalue weighted by molar-refractivity contribution is 0.241. The first-order valence-electron chi connectivity index (χ1n) is 11.0. The van der Waals surface area contributed by atoms with Crippen molar-refractivity contribution in [1.82, 2.24) is 24.9 Å². The van der Waals surface area contributed by atoms with Crippen LogP contribution in [0.15, 0.2) is 47.4 Å². The van der Waals surface area contributed by atoms with E-state index in [2.05, 4.69) is 56.7 Å². The van der Waals surface area contributed by atoms with Gasteiger partial charge in [0.1, 0.15) is 0 Å². The second kappa shape index (κ2) is 7.97. The van der Waals surface area contributed by atoms with Crippen LogP contribution < -0.4 is 4.90 Å². The zero-order valence-electron chi connectivity index (χ0n) is 18.6. The molecule has 1 aliphatic heterocycles. The highest BCUT2D eigenvalue weighted by atomic mass is 32.2. The number of tetrazole rings is 1. The Morgan fingerprint density at radius 2 is 1.72 bits per heavy atom. The van der Waals surface area contributed by atoms with E-state index in [0.29, 0.717) is 30.2 Å². The zero-order chi connectivity index (χ0) is 22.5. The Bertz CT molecular complexity index is 1200. The first kappa shape index (κ1) is 21.1. The van der Waals surface area contributed by atoms with Crippen LogP contribution in [0.1, 0.15) is 42.3 Å². The molecule has 1 aliphatic carbocycles. The van der Waals surface area contributed by atoms with E-state index in [1.165, 1.54) is 5.56 Å². The van der Waals surface area contributed by atoms with Crippen LogP contribution in [0.2, 0.25) is 0 Å². The molecule has 32 heavy (non-hydrogen) atoms. The molecule has 2 aromatic carbocycles. The number of hydrogen-bond acceptors (Lipinski definition) is 6. The minimum Gasteiger partial charge on any atom is -0.368 e. The van der Waals surface area contributed by atoms with Gasteiger partial charge in [-0.2, -0.15) is 4.31 Å². The van der Waals surface area contributed by atoms with E-state index in [4.69, 9.17) is 0 Å². The molecule has 1 N–H and O–H groups in total. The molecule has 2 aliphatic rings. The summed E-state index contributed by atoms with van der Waals surface area (Å²) in [5, 5.41) is 14.2. The number of rotatable bonds is 4. The highest BCUT2D eigenvalue weighted by Crippen LogP contribution is 2.38. The number of aromatic amines is 1. The van der Waals surface area contributed by atoms with E-state index < -0.39 is 10.0 Å². The number of H-pyrrole nitrogens is 1. The zero-order valence-corrected chi connectivity index (χ0v) is 19.4. The number of piperazine rings is 1. The van der Waals surface area contributed by atoms with Crippen molar-refractivity contribution < 1.29 is 8.42 Å². The Morgan fingerprint density at radius 1 is 1.00 bits per heavy atom. The van der Waals surface area contributed by atoms with Gasteiger partial charge in [0.25, 0.3) is 0 Å². The molecule has 1 saturated heterocycles. The van der Waals surface area contributed by atoms with Crippen LogP contribution in [0, 0.1) is 6.92 Å². The van der Waals surface area contributed by atoms with Gasteiger partial charge in [0, 0.05) is 36.8 Å². The lowest BCUT2D eigenvalue weighted by atomic mass is 10.1. The van der Waals surface area contributed by atoms with Crippen molar-refractivity contribution >= 4 is 15.7 Å². The summed E-state index contributed by atoms with van der Waals surface area (Å²) >= 11 is 0. The largest absolute Gasteiger partial charge is 0.368 e. The van der Waals surface area contributed by atoms with Gasteiger partial charge in [0.05, 0.1) is 4.90 Å². The highest BCUT2D eigenvalue weighted by molar-refractivity contribution is 7.89. The third-order valence-corrected chi connectivity index (χ3v) is 8.90. The van der Waals surface area contributed by atoms with Crippen LogP contribution in [-0.2, 0) is 22.9 Å². The van der Waals surface area contributed by atoms with Crippen LogP contribution in [-0.4, -0.2) is 58.5 Å². The van der Waals surface area contributed by atoms with Crippen LogP contribution >= 0.6 is 0 Å². The summed E-state index contributed by atoms with van der Waals surface area (Å²) in [6.45, 7) is 7.39. The topological polar surface area (TPSA) is 95.1 Å². The SMILES string of the molecule is Cc1ccc(N2C[C@@H](C)N(S(=O)(=O)c3cccc4c3CC(c3nnn[nH]3)C4)[C@@H](C)C2)cc1. The maximum atomic E-state index is 13.9. The molecule has 0 amide bonds. The minimum atomic E-state index is -3.65. The molecule has 0 radical (unpaired) electrons. The van der Waals surface area contributed by atoms with Crippen LogP contribution in [0.3, 0.4) is 0 Å².